The van der Waals surface area contributed by atoms with Crippen LogP contribution in [0.25, 0.3) is 0 Å². The van der Waals surface area contributed by atoms with Gasteiger partial charge in [0.25, 0.3) is 0 Å². The van der Waals surface area contributed by atoms with Gasteiger partial charge in [0.15, 0.2) is 0 Å². The molecule has 0 aliphatic rings. The molecule has 0 heterocycles. The molecular formula is C15H35NSi. The maximum absolute atomic E-state index is 2.87. The zero-order valence-corrected chi connectivity index (χ0v) is 14.3. The largest absolute Gasteiger partial charge is 0.323 e. The van der Waals surface area contributed by atoms with Crippen molar-refractivity contribution in [3.05, 3.63) is 0 Å². The van der Waals surface area contributed by atoms with E-state index in [1.165, 1.54) is 38.4 Å². The van der Waals surface area contributed by atoms with E-state index >= 15 is 0 Å². The Morgan fingerprint density at radius 2 is 1.24 bits per heavy atom. The van der Waals surface area contributed by atoms with Gasteiger partial charge < -0.3 is 4.57 Å². The number of hydrogen-bond acceptors (Lipinski definition) is 1. The van der Waals surface area contributed by atoms with Gasteiger partial charge in [-0.15, -0.1) is 0 Å². The van der Waals surface area contributed by atoms with Crippen LogP contribution in [0.5, 0.6) is 0 Å². The third-order valence-corrected chi connectivity index (χ3v) is 12.3. The average molecular weight is 258 g/mol. The SMILES string of the molecule is CCC[Si](C(C)CC)(C(C)CC)N(CC)CC. The molecule has 0 aromatic rings. The minimum Gasteiger partial charge on any atom is -0.323 e. The van der Waals surface area contributed by atoms with E-state index in [1.54, 1.807) is 0 Å². The van der Waals surface area contributed by atoms with Crippen molar-refractivity contribution in [2.24, 2.45) is 0 Å². The Bertz CT molecular complexity index is 179. The maximum atomic E-state index is 2.87. The molecule has 0 bridgehead atoms. The summed E-state index contributed by atoms with van der Waals surface area (Å²) in [6, 6.07) is 1.48. The molecule has 0 radical (unpaired) electrons. The van der Waals surface area contributed by atoms with Crippen molar-refractivity contribution < 1.29 is 0 Å². The topological polar surface area (TPSA) is 3.24 Å². The number of rotatable bonds is 9. The van der Waals surface area contributed by atoms with E-state index in [-0.39, 0.29) is 0 Å². The molecule has 0 amide bonds. The maximum Gasteiger partial charge on any atom is 0.134 e. The second-order valence-corrected chi connectivity index (χ2v) is 10.6. The molecule has 0 spiro atoms. The smallest absolute Gasteiger partial charge is 0.134 e. The molecule has 0 saturated carbocycles. The average Bonchev–Trinajstić information content (AvgIpc) is 2.36. The van der Waals surface area contributed by atoms with Gasteiger partial charge in [0.2, 0.25) is 0 Å². The van der Waals surface area contributed by atoms with Crippen LogP contribution in [0.1, 0.15) is 67.7 Å². The van der Waals surface area contributed by atoms with Gasteiger partial charge in [-0.2, -0.15) is 0 Å². The Kier molecular flexibility index (Phi) is 8.40. The minimum atomic E-state index is -1.30. The van der Waals surface area contributed by atoms with Crippen molar-refractivity contribution in [1.29, 1.82) is 0 Å². The Labute approximate surface area is 111 Å². The Morgan fingerprint density at radius 3 is 1.47 bits per heavy atom. The number of nitrogens with zero attached hydrogens (tertiary/aromatic N) is 1. The van der Waals surface area contributed by atoms with Gasteiger partial charge in [-0.3, -0.25) is 0 Å². The third kappa shape index (κ3) is 3.57. The second kappa shape index (κ2) is 8.31. The molecular weight excluding hydrogens is 222 g/mol. The van der Waals surface area contributed by atoms with Crippen molar-refractivity contribution in [1.82, 2.24) is 4.57 Å². The number of hydrogen-bond donors (Lipinski definition) is 0. The molecule has 0 rings (SSSR count). The molecule has 2 heteroatoms. The van der Waals surface area contributed by atoms with E-state index in [0.29, 0.717) is 0 Å². The third-order valence-electron chi connectivity index (χ3n) is 4.93. The van der Waals surface area contributed by atoms with Crippen LogP contribution in [0, 0.1) is 0 Å². The summed E-state index contributed by atoms with van der Waals surface area (Å²) in [4.78, 5) is 0. The molecule has 104 valence electrons. The van der Waals surface area contributed by atoms with E-state index in [1.807, 2.05) is 0 Å². The molecule has 0 saturated heterocycles. The summed E-state index contributed by atoms with van der Waals surface area (Å²) in [5, 5.41) is 0. The normalized spacial score (nSPS) is 19.1. The summed E-state index contributed by atoms with van der Waals surface area (Å²) in [6.45, 7) is 19.4. The van der Waals surface area contributed by atoms with Gasteiger partial charge >= 0.3 is 0 Å². The lowest BCUT2D eigenvalue weighted by molar-refractivity contribution is 0.425. The zero-order valence-electron chi connectivity index (χ0n) is 13.3. The summed E-state index contributed by atoms with van der Waals surface area (Å²) >= 11 is 0. The fourth-order valence-corrected chi connectivity index (χ4v) is 10.6. The predicted molar refractivity (Wildman–Crippen MR) is 83.2 cm³/mol. The van der Waals surface area contributed by atoms with Crippen molar-refractivity contribution in [3.8, 4) is 0 Å². The molecule has 0 fully saturated rings. The van der Waals surface area contributed by atoms with Crippen LogP contribution < -0.4 is 0 Å². The van der Waals surface area contributed by atoms with Crippen molar-refractivity contribution in [2.45, 2.75) is 84.9 Å². The highest BCUT2D eigenvalue weighted by Gasteiger charge is 2.45. The molecule has 0 aliphatic carbocycles. The van der Waals surface area contributed by atoms with E-state index in [4.69, 9.17) is 0 Å². The van der Waals surface area contributed by atoms with E-state index in [0.717, 1.165) is 11.1 Å². The molecule has 2 atom stereocenters. The van der Waals surface area contributed by atoms with Crippen LogP contribution >= 0.6 is 0 Å². The first-order valence-electron chi connectivity index (χ1n) is 7.79. The van der Waals surface area contributed by atoms with E-state index in [9.17, 15) is 0 Å². The highest BCUT2D eigenvalue weighted by atomic mass is 28.3. The monoisotopic (exact) mass is 257 g/mol. The fourth-order valence-electron chi connectivity index (χ4n) is 3.68. The molecule has 0 aromatic carbocycles. The first-order chi connectivity index (χ1) is 8.04. The Morgan fingerprint density at radius 1 is 0.824 bits per heavy atom. The van der Waals surface area contributed by atoms with Gasteiger partial charge in [0.1, 0.15) is 8.24 Å². The van der Waals surface area contributed by atoms with Gasteiger partial charge in [0.05, 0.1) is 0 Å². The van der Waals surface area contributed by atoms with E-state index < -0.39 is 8.24 Å². The summed E-state index contributed by atoms with van der Waals surface area (Å²) in [5.74, 6) is 0. The molecule has 0 aromatic heterocycles. The standard InChI is InChI=1S/C15H35NSi/c1-8-13-17(14(6)9-2,15(7)10-3)16(11-4)12-5/h14-15H,8-13H2,1-7H3. The Balaban J connectivity index is 5.35. The van der Waals surface area contributed by atoms with Crippen LogP contribution in [0.3, 0.4) is 0 Å². The van der Waals surface area contributed by atoms with Gasteiger partial charge in [-0.05, 0) is 30.2 Å². The highest BCUT2D eigenvalue weighted by Crippen LogP contribution is 2.43. The van der Waals surface area contributed by atoms with Crippen LogP contribution in [0.4, 0.5) is 0 Å². The van der Waals surface area contributed by atoms with E-state index in [2.05, 4.69) is 53.0 Å². The lowest BCUT2D eigenvalue weighted by Crippen LogP contribution is -2.58. The van der Waals surface area contributed by atoms with Gasteiger partial charge in [-0.1, -0.05) is 67.7 Å². The van der Waals surface area contributed by atoms with Gasteiger partial charge in [0, 0.05) is 0 Å². The lowest BCUT2D eigenvalue weighted by atomic mass is 10.3. The summed E-state index contributed by atoms with van der Waals surface area (Å²) < 4.78 is 2.87. The van der Waals surface area contributed by atoms with Crippen molar-refractivity contribution >= 4 is 8.24 Å². The summed E-state index contributed by atoms with van der Waals surface area (Å²) in [6.07, 6.45) is 4.07. The lowest BCUT2D eigenvalue weighted by Gasteiger charge is -2.49. The highest BCUT2D eigenvalue weighted by molar-refractivity contribution is 6.79. The predicted octanol–water partition coefficient (Wildman–Crippen LogP) is 5.28. The quantitative estimate of drug-likeness (QED) is 0.508. The van der Waals surface area contributed by atoms with Crippen LogP contribution in [-0.4, -0.2) is 25.9 Å². The minimum absolute atomic E-state index is 0.928. The van der Waals surface area contributed by atoms with Crippen LogP contribution in [0.15, 0.2) is 0 Å². The zero-order chi connectivity index (χ0) is 13.5. The first-order valence-corrected chi connectivity index (χ1v) is 10.1. The van der Waals surface area contributed by atoms with Crippen LogP contribution in [-0.2, 0) is 0 Å². The molecule has 1 nitrogen and oxygen atoms in total. The van der Waals surface area contributed by atoms with Crippen molar-refractivity contribution in [3.63, 3.8) is 0 Å². The summed E-state index contributed by atoms with van der Waals surface area (Å²) in [5.41, 5.74) is 1.86. The second-order valence-electron chi connectivity index (χ2n) is 5.53. The molecule has 0 aliphatic heterocycles. The summed E-state index contributed by atoms with van der Waals surface area (Å²) in [7, 11) is -1.30. The molecule has 2 unspecified atom stereocenters. The van der Waals surface area contributed by atoms with Gasteiger partial charge in [-0.25, -0.2) is 0 Å². The first kappa shape index (κ1) is 17.2. The van der Waals surface area contributed by atoms with Crippen LogP contribution in [0.2, 0.25) is 17.1 Å². The fraction of sp³-hybridized carbons (Fsp3) is 1.00. The molecule has 0 N–H and O–H groups in total. The Hall–Kier alpha value is 0.177. The van der Waals surface area contributed by atoms with Crippen molar-refractivity contribution in [2.75, 3.05) is 13.1 Å². The molecule has 17 heavy (non-hydrogen) atoms.